The first-order valence-corrected chi connectivity index (χ1v) is 23.8. The third kappa shape index (κ3) is 5.93. The van der Waals surface area contributed by atoms with Gasteiger partial charge in [-0.3, -0.25) is 0 Å². The number of hydrogen-bond acceptors (Lipinski definition) is 0. The largest absolute Gasteiger partial charge is 0.309 e. The van der Waals surface area contributed by atoms with Crippen LogP contribution in [0.2, 0.25) is 0 Å². The van der Waals surface area contributed by atoms with Gasteiger partial charge in [0.05, 0.1) is 22.1 Å². The fourth-order valence-electron chi connectivity index (χ4n) is 10.3. The lowest BCUT2D eigenvalue weighted by Gasteiger charge is -2.35. The topological polar surface area (TPSA) is 9.86 Å². The van der Waals surface area contributed by atoms with Crippen molar-refractivity contribution in [3.05, 3.63) is 255 Å². The van der Waals surface area contributed by atoms with E-state index < -0.39 is 8.07 Å². The van der Waals surface area contributed by atoms with Crippen LogP contribution in [0.4, 0.5) is 0 Å². The molecule has 0 saturated carbocycles. The van der Waals surface area contributed by atoms with Gasteiger partial charge in [0, 0.05) is 32.9 Å². The summed E-state index contributed by atoms with van der Waals surface area (Å²) in [7, 11) is -2.85. The van der Waals surface area contributed by atoms with E-state index in [1.165, 1.54) is 86.6 Å². The highest BCUT2D eigenvalue weighted by Gasteiger charge is 2.43. The van der Waals surface area contributed by atoms with E-state index in [0.29, 0.717) is 0 Å². The number of rotatable bonds is 8. The zero-order valence-electron chi connectivity index (χ0n) is 34.6. The Balaban J connectivity index is 1.06. The molecule has 0 spiro atoms. The van der Waals surface area contributed by atoms with Crippen LogP contribution in [0.1, 0.15) is 0 Å². The Bertz CT molecular complexity index is 3490. The summed E-state index contributed by atoms with van der Waals surface area (Å²) < 4.78 is 4.93. The minimum Gasteiger partial charge on any atom is -0.309 e. The highest BCUT2D eigenvalue weighted by atomic mass is 28.3. The number of hydrogen-bond donors (Lipinski definition) is 0. The average molecular weight is 819 g/mol. The van der Waals surface area contributed by atoms with Crippen LogP contribution in [0.15, 0.2) is 255 Å². The number of aromatic nitrogens is 2. The second-order valence-corrected chi connectivity index (χ2v) is 20.2. The lowest BCUT2D eigenvalue weighted by Crippen LogP contribution is -2.74. The predicted octanol–water partition coefficient (Wildman–Crippen LogP) is 12.6. The van der Waals surface area contributed by atoms with Crippen LogP contribution in [0, 0.1) is 0 Å². The maximum Gasteiger partial charge on any atom is 0.180 e. The van der Waals surface area contributed by atoms with Crippen LogP contribution < -0.4 is 20.7 Å². The third-order valence-electron chi connectivity index (χ3n) is 13.1. The smallest absolute Gasteiger partial charge is 0.180 e. The highest BCUT2D eigenvalue weighted by Crippen LogP contribution is 2.38. The van der Waals surface area contributed by atoms with Gasteiger partial charge in [-0.15, -0.1) is 0 Å². The molecule has 0 unspecified atom stereocenters. The third-order valence-corrected chi connectivity index (χ3v) is 17.9. The lowest BCUT2D eigenvalue weighted by atomic mass is 10.00. The van der Waals surface area contributed by atoms with Crippen molar-refractivity contribution >= 4 is 72.4 Å². The molecule has 0 fully saturated rings. The lowest BCUT2D eigenvalue weighted by molar-refractivity contribution is 1.17. The first-order valence-electron chi connectivity index (χ1n) is 21.8. The standard InChI is InChI=1S/C60H42N2Si/c1-5-19-43(20-6-1)44-35-37-45(38-36-44)46-21-17-22-47(41-46)61-55-31-15-13-29-52(55)54-42-48(39-40-57(54)61)62-56-32-16-14-30-53(56)60-58(62)33-18-34-59(60)63(49-23-7-2-8-24-49,50-25-9-3-10-26-50)51-27-11-4-12-28-51/h1-42H. The normalized spacial score (nSPS) is 11.8. The van der Waals surface area contributed by atoms with Gasteiger partial charge in [-0.1, -0.05) is 206 Å². The summed E-state index contributed by atoms with van der Waals surface area (Å²) in [6.07, 6.45) is 0. The van der Waals surface area contributed by atoms with Gasteiger partial charge in [-0.2, -0.15) is 0 Å². The Morgan fingerprint density at radius 3 is 1.32 bits per heavy atom. The summed E-state index contributed by atoms with van der Waals surface area (Å²) in [5.41, 5.74) is 11.9. The van der Waals surface area contributed by atoms with Crippen LogP contribution in [0.3, 0.4) is 0 Å². The summed E-state index contributed by atoms with van der Waals surface area (Å²) >= 11 is 0. The minimum absolute atomic E-state index is 1.14. The fraction of sp³-hybridized carbons (Fsp3) is 0. The molecule has 296 valence electrons. The molecule has 2 nitrogen and oxygen atoms in total. The maximum atomic E-state index is 2.50. The fourth-order valence-corrected chi connectivity index (χ4v) is 15.3. The first-order chi connectivity index (χ1) is 31.3. The Morgan fingerprint density at radius 1 is 0.254 bits per heavy atom. The molecule has 0 N–H and O–H groups in total. The minimum atomic E-state index is -2.85. The molecule has 2 aromatic heterocycles. The van der Waals surface area contributed by atoms with Gasteiger partial charge in [0.2, 0.25) is 0 Å². The average Bonchev–Trinajstić information content (AvgIpc) is 3.89. The van der Waals surface area contributed by atoms with Crippen LogP contribution in [0.25, 0.3) is 77.2 Å². The van der Waals surface area contributed by atoms with Gasteiger partial charge in [0.25, 0.3) is 0 Å². The van der Waals surface area contributed by atoms with Gasteiger partial charge in [-0.25, -0.2) is 0 Å². The Hall–Kier alpha value is -7.98. The van der Waals surface area contributed by atoms with Crippen LogP contribution in [-0.4, -0.2) is 17.2 Å². The van der Waals surface area contributed by atoms with Crippen molar-refractivity contribution in [2.45, 2.75) is 0 Å². The quantitative estimate of drug-likeness (QED) is 0.107. The summed E-state index contributed by atoms with van der Waals surface area (Å²) in [6.45, 7) is 0. The first kappa shape index (κ1) is 36.8. The molecular formula is C60H42N2Si. The van der Waals surface area contributed by atoms with Gasteiger partial charge in [-0.05, 0) is 91.5 Å². The van der Waals surface area contributed by atoms with Crippen molar-refractivity contribution in [3.63, 3.8) is 0 Å². The highest BCUT2D eigenvalue weighted by molar-refractivity contribution is 7.20. The molecule has 63 heavy (non-hydrogen) atoms. The number of nitrogens with zero attached hydrogens (tertiary/aromatic N) is 2. The summed E-state index contributed by atoms with van der Waals surface area (Å²) in [4.78, 5) is 0. The van der Waals surface area contributed by atoms with Crippen molar-refractivity contribution in [2.75, 3.05) is 0 Å². The van der Waals surface area contributed by atoms with E-state index >= 15 is 0 Å². The van der Waals surface area contributed by atoms with Crippen molar-refractivity contribution in [1.29, 1.82) is 0 Å². The monoisotopic (exact) mass is 818 g/mol. The van der Waals surface area contributed by atoms with E-state index in [1.54, 1.807) is 0 Å². The predicted molar refractivity (Wildman–Crippen MR) is 270 cm³/mol. The molecule has 0 saturated heterocycles. The van der Waals surface area contributed by atoms with E-state index in [0.717, 1.165) is 11.4 Å². The van der Waals surface area contributed by atoms with E-state index in [-0.39, 0.29) is 0 Å². The van der Waals surface area contributed by atoms with Crippen molar-refractivity contribution < 1.29 is 0 Å². The molecular weight excluding hydrogens is 777 g/mol. The van der Waals surface area contributed by atoms with Gasteiger partial charge >= 0.3 is 0 Å². The SMILES string of the molecule is c1ccc(-c2ccc(-c3cccc(-n4c5ccccc5c5cc(-n6c7ccccc7c7c([Si](c8ccccc8)(c8ccccc8)c8ccccc8)cccc76)ccc54)c3)cc2)cc1. The molecule has 12 aromatic rings. The zero-order chi connectivity index (χ0) is 41.7. The molecule has 12 rings (SSSR count). The molecule has 0 radical (unpaired) electrons. The molecule has 0 aliphatic rings. The van der Waals surface area contributed by atoms with E-state index in [2.05, 4.69) is 264 Å². The van der Waals surface area contributed by atoms with Gasteiger partial charge < -0.3 is 9.13 Å². The maximum absolute atomic E-state index is 2.85. The molecule has 10 aromatic carbocycles. The van der Waals surface area contributed by atoms with E-state index in [9.17, 15) is 0 Å². The molecule has 0 atom stereocenters. The van der Waals surface area contributed by atoms with E-state index in [4.69, 9.17) is 0 Å². The Labute approximate surface area is 368 Å². The van der Waals surface area contributed by atoms with Crippen molar-refractivity contribution in [1.82, 2.24) is 9.13 Å². The van der Waals surface area contributed by atoms with Crippen LogP contribution in [0.5, 0.6) is 0 Å². The molecule has 0 aliphatic heterocycles. The molecule has 0 amide bonds. The second-order valence-electron chi connectivity index (χ2n) is 16.4. The zero-order valence-corrected chi connectivity index (χ0v) is 35.6. The Kier molecular flexibility index (Phi) is 8.87. The van der Waals surface area contributed by atoms with Crippen molar-refractivity contribution in [3.8, 4) is 33.6 Å². The summed E-state index contributed by atoms with van der Waals surface area (Å²) in [5.74, 6) is 0. The van der Waals surface area contributed by atoms with Gasteiger partial charge in [0.1, 0.15) is 0 Å². The molecule has 2 heterocycles. The summed E-state index contributed by atoms with van der Waals surface area (Å²) in [5, 5.41) is 10.5. The van der Waals surface area contributed by atoms with Gasteiger partial charge in [0.15, 0.2) is 8.07 Å². The summed E-state index contributed by atoms with van der Waals surface area (Å²) in [6, 6.07) is 94.2. The second kappa shape index (κ2) is 15.2. The van der Waals surface area contributed by atoms with E-state index in [1.807, 2.05) is 0 Å². The number of fused-ring (bicyclic) bond motifs is 6. The molecule has 0 aliphatic carbocycles. The van der Waals surface area contributed by atoms with Crippen LogP contribution in [-0.2, 0) is 0 Å². The number of benzene rings is 10. The van der Waals surface area contributed by atoms with Crippen LogP contribution >= 0.6 is 0 Å². The Morgan fingerprint density at radius 2 is 0.683 bits per heavy atom. The number of para-hydroxylation sites is 2. The molecule has 0 bridgehead atoms. The molecule has 3 heteroatoms. The van der Waals surface area contributed by atoms with Crippen molar-refractivity contribution in [2.24, 2.45) is 0 Å².